The first kappa shape index (κ1) is 12.0. The number of carbonyl (C=O) groups is 2. The molecule has 5 nitrogen and oxygen atoms in total. The second kappa shape index (κ2) is 5.11. The molecule has 6 heteroatoms. The lowest BCUT2D eigenvalue weighted by Crippen LogP contribution is -2.26. The second-order valence-corrected chi connectivity index (χ2v) is 3.03. The van der Waals surface area contributed by atoms with Crippen molar-refractivity contribution in [3.63, 3.8) is 0 Å². The maximum absolute atomic E-state index is 13.1. The van der Waals surface area contributed by atoms with Crippen molar-refractivity contribution in [1.82, 2.24) is 5.32 Å². The Morgan fingerprint density at radius 3 is 2.62 bits per heavy atom. The van der Waals surface area contributed by atoms with Crippen molar-refractivity contribution in [2.75, 3.05) is 6.54 Å². The molecule has 1 rings (SSSR count). The molecule has 0 saturated carbocycles. The van der Waals surface area contributed by atoms with E-state index in [1.807, 2.05) is 0 Å². The number of halogens is 1. The number of carboxylic acids is 1. The molecule has 0 aliphatic carbocycles. The Kier molecular flexibility index (Phi) is 3.82. The van der Waals surface area contributed by atoms with Gasteiger partial charge in [0.25, 0.3) is 5.91 Å². The van der Waals surface area contributed by atoms with Gasteiger partial charge in [-0.2, -0.15) is 0 Å². The number of phenolic OH excluding ortho intramolecular Hbond substituents is 1. The van der Waals surface area contributed by atoms with E-state index in [1.54, 1.807) is 0 Å². The Balaban J connectivity index is 2.70. The number of amides is 1. The summed E-state index contributed by atoms with van der Waals surface area (Å²) in [6.07, 6.45) is -0.263. The van der Waals surface area contributed by atoms with E-state index in [1.165, 1.54) is 12.1 Å². The van der Waals surface area contributed by atoms with Crippen LogP contribution in [-0.4, -0.2) is 28.6 Å². The summed E-state index contributed by atoms with van der Waals surface area (Å²) in [4.78, 5) is 21.5. The van der Waals surface area contributed by atoms with Crippen LogP contribution in [0.2, 0.25) is 0 Å². The standard InChI is InChI=1S/C10H10FNO4/c11-6-2-1-3-7(13)9(6)10(16)12-5-4-8(14)15/h1-3,13H,4-5H2,(H,12,16)(H,14,15). The van der Waals surface area contributed by atoms with Crippen LogP contribution in [0.15, 0.2) is 18.2 Å². The van der Waals surface area contributed by atoms with Crippen LogP contribution in [0.25, 0.3) is 0 Å². The zero-order chi connectivity index (χ0) is 12.1. The van der Waals surface area contributed by atoms with Crippen molar-refractivity contribution in [3.05, 3.63) is 29.6 Å². The lowest BCUT2D eigenvalue weighted by atomic mass is 10.1. The molecule has 16 heavy (non-hydrogen) atoms. The third-order valence-electron chi connectivity index (χ3n) is 1.84. The summed E-state index contributed by atoms with van der Waals surface area (Å²) in [7, 11) is 0. The molecule has 0 atom stereocenters. The molecule has 1 aromatic rings. The van der Waals surface area contributed by atoms with E-state index in [9.17, 15) is 19.1 Å². The number of hydrogen-bond donors (Lipinski definition) is 3. The van der Waals surface area contributed by atoms with Crippen LogP contribution >= 0.6 is 0 Å². The van der Waals surface area contributed by atoms with Crippen molar-refractivity contribution < 1.29 is 24.2 Å². The van der Waals surface area contributed by atoms with Gasteiger partial charge in [-0.25, -0.2) is 4.39 Å². The molecule has 0 unspecified atom stereocenters. The van der Waals surface area contributed by atoms with Crippen molar-refractivity contribution in [2.45, 2.75) is 6.42 Å². The maximum Gasteiger partial charge on any atom is 0.305 e. The molecule has 0 aromatic heterocycles. The fourth-order valence-electron chi connectivity index (χ4n) is 1.11. The zero-order valence-corrected chi connectivity index (χ0v) is 8.24. The minimum absolute atomic E-state index is 0.123. The van der Waals surface area contributed by atoms with Crippen LogP contribution in [0, 0.1) is 5.82 Å². The maximum atomic E-state index is 13.1. The van der Waals surface area contributed by atoms with Crippen LogP contribution in [0.1, 0.15) is 16.8 Å². The minimum Gasteiger partial charge on any atom is -0.507 e. The predicted octanol–water partition coefficient (Wildman–Crippen LogP) is 0.736. The zero-order valence-electron chi connectivity index (χ0n) is 8.24. The Bertz CT molecular complexity index is 399. The van der Waals surface area contributed by atoms with Crippen molar-refractivity contribution >= 4 is 11.9 Å². The van der Waals surface area contributed by atoms with Gasteiger partial charge in [-0.1, -0.05) is 6.07 Å². The van der Waals surface area contributed by atoms with Gasteiger partial charge in [0.05, 0.1) is 6.42 Å². The first-order valence-corrected chi connectivity index (χ1v) is 4.50. The molecule has 0 bridgehead atoms. The van der Waals surface area contributed by atoms with E-state index in [0.717, 1.165) is 6.07 Å². The molecule has 0 aliphatic heterocycles. The third-order valence-corrected chi connectivity index (χ3v) is 1.84. The second-order valence-electron chi connectivity index (χ2n) is 3.03. The molecule has 0 saturated heterocycles. The van der Waals surface area contributed by atoms with E-state index >= 15 is 0 Å². The highest BCUT2D eigenvalue weighted by molar-refractivity contribution is 5.97. The first-order valence-electron chi connectivity index (χ1n) is 4.50. The van der Waals surface area contributed by atoms with Gasteiger partial charge in [-0.05, 0) is 12.1 Å². The summed E-state index contributed by atoms with van der Waals surface area (Å²) in [6, 6.07) is 3.47. The Hall–Kier alpha value is -2.11. The van der Waals surface area contributed by atoms with Gasteiger partial charge in [0.15, 0.2) is 0 Å². The molecule has 0 fully saturated rings. The van der Waals surface area contributed by atoms with Gasteiger partial charge in [0.2, 0.25) is 0 Å². The summed E-state index contributed by atoms with van der Waals surface area (Å²) in [5, 5.41) is 19.8. The fraction of sp³-hybridized carbons (Fsp3) is 0.200. The minimum atomic E-state index is -1.07. The number of carbonyl (C=O) groups excluding carboxylic acids is 1. The Morgan fingerprint density at radius 1 is 1.38 bits per heavy atom. The third kappa shape index (κ3) is 2.94. The summed E-state index contributed by atoms with van der Waals surface area (Å²) < 4.78 is 13.1. The Labute approximate surface area is 90.5 Å². The normalized spacial score (nSPS) is 9.81. The fourth-order valence-corrected chi connectivity index (χ4v) is 1.11. The first-order chi connectivity index (χ1) is 7.52. The lowest BCUT2D eigenvalue weighted by Gasteiger charge is -2.06. The van der Waals surface area contributed by atoms with Gasteiger partial charge in [0.1, 0.15) is 17.1 Å². The highest BCUT2D eigenvalue weighted by atomic mass is 19.1. The van der Waals surface area contributed by atoms with Crippen molar-refractivity contribution in [2.24, 2.45) is 0 Å². The molecule has 3 N–H and O–H groups in total. The molecule has 86 valence electrons. The van der Waals surface area contributed by atoms with Gasteiger partial charge < -0.3 is 15.5 Å². The molecule has 0 radical (unpaired) electrons. The van der Waals surface area contributed by atoms with Crippen molar-refractivity contribution in [1.29, 1.82) is 0 Å². The van der Waals surface area contributed by atoms with Crippen LogP contribution in [0.4, 0.5) is 4.39 Å². The van der Waals surface area contributed by atoms with E-state index in [0.29, 0.717) is 0 Å². The monoisotopic (exact) mass is 227 g/mol. The topological polar surface area (TPSA) is 86.6 Å². The van der Waals surface area contributed by atoms with Crippen LogP contribution < -0.4 is 5.32 Å². The number of aliphatic carboxylic acids is 1. The number of phenols is 1. The SMILES string of the molecule is O=C(O)CCNC(=O)c1c(O)cccc1F. The van der Waals surface area contributed by atoms with Gasteiger partial charge >= 0.3 is 5.97 Å². The highest BCUT2D eigenvalue weighted by Gasteiger charge is 2.15. The van der Waals surface area contributed by atoms with E-state index in [4.69, 9.17) is 5.11 Å². The quantitative estimate of drug-likeness (QED) is 0.707. The molecule has 0 heterocycles. The summed E-state index contributed by atoms with van der Waals surface area (Å²) in [6.45, 7) is -0.123. The molecular formula is C10H10FNO4. The molecule has 1 amide bonds. The average molecular weight is 227 g/mol. The summed E-state index contributed by atoms with van der Waals surface area (Å²) in [5.41, 5.74) is -0.479. The van der Waals surface area contributed by atoms with Gasteiger partial charge in [-0.3, -0.25) is 9.59 Å². The molecule has 0 aliphatic rings. The number of hydrogen-bond acceptors (Lipinski definition) is 3. The predicted molar refractivity (Wildman–Crippen MR) is 52.7 cm³/mol. The van der Waals surface area contributed by atoms with E-state index < -0.39 is 29.0 Å². The van der Waals surface area contributed by atoms with Crippen LogP contribution in [0.3, 0.4) is 0 Å². The summed E-state index contributed by atoms with van der Waals surface area (Å²) in [5.74, 6) is -3.24. The van der Waals surface area contributed by atoms with Crippen LogP contribution in [0.5, 0.6) is 5.75 Å². The lowest BCUT2D eigenvalue weighted by molar-refractivity contribution is -0.136. The Morgan fingerprint density at radius 2 is 2.06 bits per heavy atom. The molecule has 1 aromatic carbocycles. The molecular weight excluding hydrogens is 217 g/mol. The highest BCUT2D eigenvalue weighted by Crippen LogP contribution is 2.19. The number of nitrogens with one attached hydrogen (secondary N) is 1. The van der Waals surface area contributed by atoms with Gasteiger partial charge in [0, 0.05) is 6.54 Å². The average Bonchev–Trinajstić information content (AvgIpc) is 2.16. The van der Waals surface area contributed by atoms with Crippen LogP contribution in [-0.2, 0) is 4.79 Å². The number of aromatic hydroxyl groups is 1. The van der Waals surface area contributed by atoms with Gasteiger partial charge in [-0.15, -0.1) is 0 Å². The number of rotatable bonds is 4. The number of benzene rings is 1. The van der Waals surface area contributed by atoms with Crippen molar-refractivity contribution in [3.8, 4) is 5.75 Å². The number of carboxylic acid groups (broad SMARTS) is 1. The largest absolute Gasteiger partial charge is 0.507 e. The smallest absolute Gasteiger partial charge is 0.305 e. The van der Waals surface area contributed by atoms with E-state index in [2.05, 4.69) is 5.32 Å². The summed E-state index contributed by atoms with van der Waals surface area (Å²) >= 11 is 0. The molecule has 0 spiro atoms. The van der Waals surface area contributed by atoms with E-state index in [-0.39, 0.29) is 13.0 Å².